The number of methoxy groups -OCH3 is 1. The van der Waals surface area contributed by atoms with E-state index in [1.165, 1.54) is 18.4 Å². The molecule has 0 aliphatic rings. The van der Waals surface area contributed by atoms with Crippen LogP contribution in [0.25, 0.3) is 11.1 Å². The molecule has 0 amide bonds. The van der Waals surface area contributed by atoms with Crippen molar-refractivity contribution in [3.05, 3.63) is 70.6 Å². The Labute approximate surface area is 221 Å². The number of aryl methyl sites for hydroxylation is 1. The summed E-state index contributed by atoms with van der Waals surface area (Å²) in [5, 5.41) is 7.15. The van der Waals surface area contributed by atoms with Gasteiger partial charge in [0.15, 0.2) is 5.11 Å². The monoisotopic (exact) mass is 525 g/mol. The molecule has 1 aromatic heterocycles. The number of carbonyl (C=O) groups excluding carboxylic acids is 2. The van der Waals surface area contributed by atoms with Crippen LogP contribution in [-0.2, 0) is 9.47 Å². The highest BCUT2D eigenvalue weighted by molar-refractivity contribution is 7.80. The molecule has 190 valence electrons. The third-order valence-electron chi connectivity index (χ3n) is 5.68. The SMILES string of the molecule is CCN(CC)CCOC(=O)c1ccc(NC(=S)Nc2sc(C)c(-c3ccccc3)c2C(=O)OC)cc1. The molecule has 0 unspecified atom stereocenters. The number of hydrogen-bond donors (Lipinski definition) is 2. The molecule has 2 aromatic carbocycles. The van der Waals surface area contributed by atoms with Crippen molar-refractivity contribution in [2.75, 3.05) is 44.0 Å². The van der Waals surface area contributed by atoms with Gasteiger partial charge < -0.3 is 25.0 Å². The van der Waals surface area contributed by atoms with Crippen molar-refractivity contribution in [2.24, 2.45) is 0 Å². The number of hydrogen-bond acceptors (Lipinski definition) is 7. The minimum Gasteiger partial charge on any atom is -0.465 e. The van der Waals surface area contributed by atoms with Crippen molar-refractivity contribution in [1.82, 2.24) is 4.90 Å². The second kappa shape index (κ2) is 13.2. The fourth-order valence-electron chi connectivity index (χ4n) is 3.73. The summed E-state index contributed by atoms with van der Waals surface area (Å²) in [6, 6.07) is 16.6. The van der Waals surface area contributed by atoms with Gasteiger partial charge in [-0.15, -0.1) is 11.3 Å². The number of rotatable bonds is 10. The van der Waals surface area contributed by atoms with E-state index in [0.29, 0.717) is 40.1 Å². The van der Waals surface area contributed by atoms with Crippen molar-refractivity contribution in [1.29, 1.82) is 0 Å². The zero-order valence-electron chi connectivity index (χ0n) is 20.9. The number of benzene rings is 2. The van der Waals surface area contributed by atoms with Gasteiger partial charge in [0.1, 0.15) is 17.2 Å². The number of nitrogens with one attached hydrogen (secondary N) is 2. The third-order valence-corrected chi connectivity index (χ3v) is 6.90. The van der Waals surface area contributed by atoms with Gasteiger partial charge in [0.25, 0.3) is 0 Å². The number of ether oxygens (including phenoxy) is 2. The summed E-state index contributed by atoms with van der Waals surface area (Å²) >= 11 is 6.93. The van der Waals surface area contributed by atoms with Gasteiger partial charge in [-0.25, -0.2) is 9.59 Å². The minimum atomic E-state index is -0.438. The third kappa shape index (κ3) is 6.90. The van der Waals surface area contributed by atoms with E-state index in [2.05, 4.69) is 29.4 Å². The summed E-state index contributed by atoms with van der Waals surface area (Å²) in [6.07, 6.45) is 0. The predicted octanol–water partition coefficient (Wildman–Crippen LogP) is 5.82. The molecule has 36 heavy (non-hydrogen) atoms. The Morgan fingerprint density at radius 3 is 2.25 bits per heavy atom. The van der Waals surface area contributed by atoms with E-state index in [9.17, 15) is 9.59 Å². The topological polar surface area (TPSA) is 79.9 Å². The first kappa shape index (κ1) is 27.3. The highest BCUT2D eigenvalue weighted by atomic mass is 32.1. The Hall–Kier alpha value is -3.27. The second-order valence-corrected chi connectivity index (χ2v) is 9.55. The van der Waals surface area contributed by atoms with Crippen LogP contribution in [0.4, 0.5) is 10.7 Å². The molecule has 0 spiro atoms. The van der Waals surface area contributed by atoms with Gasteiger partial charge in [-0.1, -0.05) is 44.2 Å². The summed E-state index contributed by atoms with van der Waals surface area (Å²) in [7, 11) is 1.36. The van der Waals surface area contributed by atoms with Crippen LogP contribution in [0.15, 0.2) is 54.6 Å². The molecule has 3 rings (SSSR count). The summed E-state index contributed by atoms with van der Waals surface area (Å²) < 4.78 is 10.4. The molecule has 0 aliphatic carbocycles. The number of likely N-dealkylation sites (N-methyl/N-ethyl adjacent to an activating group) is 1. The van der Waals surface area contributed by atoms with Crippen LogP contribution in [0.1, 0.15) is 39.4 Å². The van der Waals surface area contributed by atoms with Crippen LogP contribution in [0, 0.1) is 6.92 Å². The Bertz CT molecular complexity index is 1190. The highest BCUT2D eigenvalue weighted by Gasteiger charge is 2.24. The molecule has 7 nitrogen and oxygen atoms in total. The van der Waals surface area contributed by atoms with E-state index in [1.54, 1.807) is 24.3 Å². The van der Waals surface area contributed by atoms with Crippen LogP contribution in [0.3, 0.4) is 0 Å². The van der Waals surface area contributed by atoms with Crippen LogP contribution in [0.5, 0.6) is 0 Å². The lowest BCUT2D eigenvalue weighted by atomic mass is 10.0. The second-order valence-electron chi connectivity index (χ2n) is 7.91. The zero-order chi connectivity index (χ0) is 26.1. The largest absolute Gasteiger partial charge is 0.465 e. The average molecular weight is 526 g/mol. The maximum atomic E-state index is 12.7. The number of thiophene rings is 1. The first-order valence-electron chi connectivity index (χ1n) is 11.7. The Kier molecular flexibility index (Phi) is 9.98. The molecule has 3 aromatic rings. The molecule has 9 heteroatoms. The normalized spacial score (nSPS) is 10.7. The van der Waals surface area contributed by atoms with Crippen molar-refractivity contribution in [3.8, 4) is 11.1 Å². The molecule has 0 radical (unpaired) electrons. The molecule has 2 N–H and O–H groups in total. The van der Waals surface area contributed by atoms with Gasteiger partial charge in [-0.2, -0.15) is 0 Å². The lowest BCUT2D eigenvalue weighted by Gasteiger charge is -2.17. The number of anilines is 2. The summed E-state index contributed by atoms with van der Waals surface area (Å²) in [4.78, 5) is 28.1. The summed E-state index contributed by atoms with van der Waals surface area (Å²) in [5.74, 6) is -0.799. The first-order chi connectivity index (χ1) is 17.4. The fraction of sp³-hybridized carbons (Fsp3) is 0.296. The number of nitrogens with zero attached hydrogens (tertiary/aromatic N) is 1. The average Bonchev–Trinajstić information content (AvgIpc) is 3.22. The number of carbonyl (C=O) groups is 2. The number of thiocarbonyl (C=S) groups is 1. The molecular formula is C27H31N3O4S2. The van der Waals surface area contributed by atoms with E-state index in [4.69, 9.17) is 21.7 Å². The smallest absolute Gasteiger partial charge is 0.341 e. The van der Waals surface area contributed by atoms with Crippen molar-refractivity contribution in [2.45, 2.75) is 20.8 Å². The Morgan fingerprint density at radius 1 is 0.972 bits per heavy atom. The van der Waals surface area contributed by atoms with Crippen LogP contribution in [-0.4, -0.2) is 55.3 Å². The molecular weight excluding hydrogens is 494 g/mol. The number of esters is 2. The van der Waals surface area contributed by atoms with Gasteiger partial charge in [0.2, 0.25) is 0 Å². The predicted molar refractivity (Wildman–Crippen MR) is 150 cm³/mol. The lowest BCUT2D eigenvalue weighted by Crippen LogP contribution is -2.27. The Balaban J connectivity index is 1.67. The quantitative estimate of drug-likeness (QED) is 0.253. The van der Waals surface area contributed by atoms with Gasteiger partial charge in [-0.3, -0.25) is 0 Å². The van der Waals surface area contributed by atoms with Gasteiger partial charge in [0.05, 0.1) is 12.7 Å². The zero-order valence-corrected chi connectivity index (χ0v) is 22.6. The minimum absolute atomic E-state index is 0.315. The summed E-state index contributed by atoms with van der Waals surface area (Å²) in [6.45, 7) is 9.01. The molecule has 0 atom stereocenters. The van der Waals surface area contributed by atoms with E-state index >= 15 is 0 Å². The Morgan fingerprint density at radius 2 is 1.64 bits per heavy atom. The maximum Gasteiger partial charge on any atom is 0.341 e. The van der Waals surface area contributed by atoms with Crippen LogP contribution < -0.4 is 10.6 Å². The van der Waals surface area contributed by atoms with Gasteiger partial charge in [-0.05, 0) is 62.1 Å². The van der Waals surface area contributed by atoms with Crippen LogP contribution in [0.2, 0.25) is 0 Å². The maximum absolute atomic E-state index is 12.7. The molecule has 0 saturated heterocycles. The van der Waals surface area contributed by atoms with Crippen molar-refractivity contribution < 1.29 is 19.1 Å². The van der Waals surface area contributed by atoms with Gasteiger partial charge >= 0.3 is 11.9 Å². The fourth-order valence-corrected chi connectivity index (χ4v) is 5.08. The van der Waals surface area contributed by atoms with E-state index in [-0.39, 0.29) is 5.97 Å². The lowest BCUT2D eigenvalue weighted by molar-refractivity contribution is 0.0466. The van der Waals surface area contributed by atoms with Gasteiger partial charge in [0, 0.05) is 22.7 Å². The molecule has 1 heterocycles. The molecule has 0 saturated carbocycles. The molecule has 0 aliphatic heterocycles. The van der Waals surface area contributed by atoms with Crippen molar-refractivity contribution >= 4 is 51.3 Å². The summed E-state index contributed by atoms with van der Waals surface area (Å²) in [5.41, 5.74) is 3.36. The van der Waals surface area contributed by atoms with Crippen molar-refractivity contribution in [3.63, 3.8) is 0 Å². The first-order valence-corrected chi connectivity index (χ1v) is 12.9. The molecule has 0 bridgehead atoms. The molecule has 0 fully saturated rings. The van der Waals surface area contributed by atoms with Crippen LogP contribution >= 0.6 is 23.6 Å². The van der Waals surface area contributed by atoms with E-state index < -0.39 is 5.97 Å². The highest BCUT2D eigenvalue weighted by Crippen LogP contribution is 2.40. The van der Waals surface area contributed by atoms with E-state index in [0.717, 1.165) is 29.1 Å². The standard InChI is InChI=1S/C27H31N3O4S2/c1-5-30(6-2)16-17-34-25(31)20-12-14-21(15-13-20)28-27(35)29-24-23(26(32)33-4)22(18(3)36-24)19-10-8-7-9-11-19/h7-15H,5-6,16-17H2,1-4H3,(H2,28,29,35). The van der Waals surface area contributed by atoms with E-state index in [1.807, 2.05) is 37.3 Å².